The molecule has 5 aliphatic heterocycles. The molecular weight excluding hydrogens is 1190 g/mol. The normalized spacial score (nSPS) is 17.5. The Bertz CT molecular complexity index is 3320. The highest BCUT2D eigenvalue weighted by atomic mass is 79.9. The summed E-state index contributed by atoms with van der Waals surface area (Å²) >= 11 is 3.72. The molecule has 0 bridgehead atoms. The van der Waals surface area contributed by atoms with E-state index in [1.54, 1.807) is 47.9 Å². The number of imide groups is 1. The molecule has 9 N–H and O–H groups in total. The molecule has 9 rings (SSSR count). The molecule has 0 aliphatic carbocycles. The van der Waals surface area contributed by atoms with Crippen molar-refractivity contribution in [1.29, 1.82) is 0 Å². The van der Waals surface area contributed by atoms with Gasteiger partial charge in [0.25, 0.3) is 11.8 Å². The highest BCUT2D eigenvalue weighted by Gasteiger charge is 2.41. The van der Waals surface area contributed by atoms with E-state index in [2.05, 4.69) is 58.0 Å². The number of primary amides is 1. The zero-order chi connectivity index (χ0) is 61.9. The number of fused-ring (bicyclic) bond motifs is 6. The lowest BCUT2D eigenvalue weighted by Crippen LogP contribution is -2.55. The number of carbonyl (C=O) groups excluding carboxylic acids is 10. The fraction of sp³-hybridized carbons (Fsp3) is 0.443. The lowest BCUT2D eigenvalue weighted by atomic mass is 9.95. The summed E-state index contributed by atoms with van der Waals surface area (Å²) in [5.41, 5.74) is 11.5. The van der Waals surface area contributed by atoms with Crippen LogP contribution in [-0.2, 0) is 57.7 Å². The van der Waals surface area contributed by atoms with Gasteiger partial charge in [-0.25, -0.2) is 14.4 Å². The average Bonchev–Trinajstić information content (AvgIpc) is 1.69. The van der Waals surface area contributed by atoms with Crippen molar-refractivity contribution in [1.82, 2.24) is 41.3 Å². The standard InChI is InChI=1S/C61H74BrN13O12/c1-36(2)55(67-33-51(77)65-23-22-64-50(76)11-7-24-74-52(78)18-19-53(74)79)57(81)70-45(10-6-21-66-59(63)83)56(80)68-39-14-12-37(13-15-39)35-86-61(85)73-25-20-40-43-30-46(69-44(43)16-17-47(40)73)58(82)75-34-38(32-62)54-42-9-5-4-8-41(42)49(31-48(54)75)87-60(84)72-28-26-71(3)27-29-72/h4-5,8-9,12-19,31,36,38,45-46,55,67,69H,6-7,10-11,20-30,32-35H2,1-3H3,(H,64,76)(H,65,77)(H,68,80)(H,70,81)(H3,63,66,83)/t38-,45+,46?,55+/m1/s1. The van der Waals surface area contributed by atoms with Crippen LogP contribution in [0.15, 0.2) is 78.9 Å². The number of hydrogen-bond donors (Lipinski definition) is 8. The number of halogens is 1. The van der Waals surface area contributed by atoms with E-state index in [0.29, 0.717) is 72.7 Å². The first-order valence-electron chi connectivity index (χ1n) is 29.3. The Morgan fingerprint density at radius 3 is 2.18 bits per heavy atom. The Morgan fingerprint density at radius 1 is 0.770 bits per heavy atom. The van der Waals surface area contributed by atoms with Crippen LogP contribution in [0.4, 0.5) is 37.1 Å². The van der Waals surface area contributed by atoms with Crippen molar-refractivity contribution in [3.63, 3.8) is 0 Å². The number of carbonyl (C=O) groups is 10. The Balaban J connectivity index is 0.754. The largest absolute Gasteiger partial charge is 0.444 e. The second-order valence-corrected chi connectivity index (χ2v) is 23.2. The first-order valence-corrected chi connectivity index (χ1v) is 30.5. The predicted molar refractivity (Wildman–Crippen MR) is 328 cm³/mol. The summed E-state index contributed by atoms with van der Waals surface area (Å²) in [6.45, 7) is 7.16. The van der Waals surface area contributed by atoms with E-state index in [0.717, 1.165) is 51.1 Å². The molecule has 5 heterocycles. The number of rotatable bonds is 24. The number of hydrogen-bond acceptors (Lipinski definition) is 15. The summed E-state index contributed by atoms with van der Waals surface area (Å²) < 4.78 is 11.9. The van der Waals surface area contributed by atoms with Crippen LogP contribution in [-0.4, -0.2) is 177 Å². The van der Waals surface area contributed by atoms with Crippen LogP contribution < -0.4 is 57.5 Å². The van der Waals surface area contributed by atoms with Crippen molar-refractivity contribution in [3.8, 4) is 5.75 Å². The molecule has 4 atom stereocenters. The van der Waals surface area contributed by atoms with Gasteiger partial charge in [0.05, 0.1) is 24.0 Å². The van der Waals surface area contributed by atoms with E-state index in [1.807, 2.05) is 54.4 Å². The molecular formula is C61H74BrN13O12. The van der Waals surface area contributed by atoms with Crippen molar-refractivity contribution < 1.29 is 57.4 Å². The van der Waals surface area contributed by atoms with E-state index in [9.17, 15) is 47.9 Å². The van der Waals surface area contributed by atoms with Crippen molar-refractivity contribution in [2.24, 2.45) is 11.7 Å². The Hall–Kier alpha value is -8.62. The van der Waals surface area contributed by atoms with Crippen LogP contribution in [0, 0.1) is 5.92 Å². The summed E-state index contributed by atoms with van der Waals surface area (Å²) in [5.74, 6) is -2.69. The molecule has 25 nitrogen and oxygen atoms in total. The van der Waals surface area contributed by atoms with Crippen LogP contribution in [0.5, 0.6) is 5.75 Å². The Kier molecular flexibility index (Phi) is 20.8. The van der Waals surface area contributed by atoms with Crippen LogP contribution in [0.25, 0.3) is 10.8 Å². The van der Waals surface area contributed by atoms with E-state index < -0.39 is 65.9 Å². The van der Waals surface area contributed by atoms with Crippen LogP contribution in [0.2, 0.25) is 0 Å². The summed E-state index contributed by atoms with van der Waals surface area (Å²) in [4.78, 5) is 138. The van der Waals surface area contributed by atoms with Crippen molar-refractivity contribution in [2.45, 2.75) is 83.0 Å². The van der Waals surface area contributed by atoms with E-state index in [1.165, 1.54) is 12.2 Å². The number of amides is 11. The second-order valence-electron chi connectivity index (χ2n) is 22.5. The van der Waals surface area contributed by atoms with Gasteiger partial charge in [-0.05, 0) is 90.6 Å². The molecule has 0 radical (unpaired) electrons. The first kappa shape index (κ1) is 62.9. The second kappa shape index (κ2) is 28.7. The Morgan fingerprint density at radius 2 is 1.48 bits per heavy atom. The smallest absolute Gasteiger partial charge is 0.415 e. The topological polar surface area (TPSA) is 316 Å². The van der Waals surface area contributed by atoms with Gasteiger partial charge in [-0.15, -0.1) is 0 Å². The molecule has 0 spiro atoms. The van der Waals surface area contributed by atoms with Gasteiger partial charge < -0.3 is 61.8 Å². The van der Waals surface area contributed by atoms with E-state index >= 15 is 0 Å². The SMILES string of the molecule is CC(C)[C@H](NCC(=O)NCCNC(=O)CCCN1C(=O)C=CC1=O)C(=O)N[C@@H](CCCNC(N)=O)C(=O)Nc1ccc(COC(=O)N2CCc3c2ccc2c3CC(C(=O)N3C[C@@H](CBr)c4c3cc(OC(=O)N3CCN(C)CC3)c3ccccc43)N2)cc1. The number of nitrogens with one attached hydrogen (secondary N) is 7. The van der Waals surface area contributed by atoms with Gasteiger partial charge in [-0.3, -0.25) is 48.7 Å². The third-order valence-corrected chi connectivity index (χ3v) is 16.9. The van der Waals surface area contributed by atoms with Crippen molar-refractivity contribution >= 4 is 109 Å². The van der Waals surface area contributed by atoms with Gasteiger partial charge in [-0.1, -0.05) is 66.2 Å². The number of nitrogens with zero attached hydrogens (tertiary/aromatic N) is 5. The minimum absolute atomic E-state index is 0.00172. The van der Waals surface area contributed by atoms with Gasteiger partial charge in [-0.2, -0.15) is 0 Å². The fourth-order valence-electron chi connectivity index (χ4n) is 11.5. The monoisotopic (exact) mass is 1260 g/mol. The molecule has 1 unspecified atom stereocenters. The number of benzene rings is 4. The molecule has 87 heavy (non-hydrogen) atoms. The highest BCUT2D eigenvalue weighted by Crippen LogP contribution is 2.47. The molecule has 5 aliphatic rings. The number of ether oxygens (including phenoxy) is 2. The zero-order valence-corrected chi connectivity index (χ0v) is 50.5. The highest BCUT2D eigenvalue weighted by molar-refractivity contribution is 9.09. The molecule has 1 saturated heterocycles. The third kappa shape index (κ3) is 15.3. The molecule has 11 amide bonds. The summed E-state index contributed by atoms with van der Waals surface area (Å²) in [7, 11) is 2.02. The van der Waals surface area contributed by atoms with E-state index in [4.69, 9.17) is 15.2 Å². The summed E-state index contributed by atoms with van der Waals surface area (Å²) in [6, 6.07) is 16.8. The van der Waals surface area contributed by atoms with Crippen molar-refractivity contribution in [2.75, 3.05) is 105 Å². The number of urea groups is 1. The maximum Gasteiger partial charge on any atom is 0.415 e. The minimum Gasteiger partial charge on any atom is -0.444 e. The van der Waals surface area contributed by atoms with Gasteiger partial charge in [0.15, 0.2) is 0 Å². The molecule has 4 aromatic rings. The van der Waals surface area contributed by atoms with Gasteiger partial charge in [0.1, 0.15) is 24.4 Å². The molecule has 0 saturated carbocycles. The fourth-order valence-corrected chi connectivity index (χ4v) is 12.0. The average molecular weight is 1260 g/mol. The quantitative estimate of drug-likeness (QED) is 0.0283. The minimum atomic E-state index is -1.07. The predicted octanol–water partition coefficient (Wildman–Crippen LogP) is 3.57. The number of nitrogens with two attached hydrogens (primary N) is 1. The maximum absolute atomic E-state index is 14.7. The number of piperazine rings is 1. The maximum atomic E-state index is 14.7. The van der Waals surface area contributed by atoms with Crippen molar-refractivity contribution in [3.05, 3.63) is 101 Å². The number of alkyl halides is 1. The molecule has 0 aromatic heterocycles. The van der Waals surface area contributed by atoms with Crippen LogP contribution >= 0.6 is 15.9 Å². The molecule has 462 valence electrons. The third-order valence-electron chi connectivity index (χ3n) is 16.2. The van der Waals surface area contributed by atoms with Crippen LogP contribution in [0.3, 0.4) is 0 Å². The van der Waals surface area contributed by atoms with Gasteiger partial charge in [0.2, 0.25) is 29.5 Å². The summed E-state index contributed by atoms with van der Waals surface area (Å²) in [6.07, 6.45) is 3.14. The van der Waals surface area contributed by atoms with E-state index in [-0.39, 0.29) is 88.7 Å². The summed E-state index contributed by atoms with van der Waals surface area (Å²) in [5, 5.41) is 22.2. The van der Waals surface area contributed by atoms with Gasteiger partial charge in [0, 0.05) is 125 Å². The van der Waals surface area contributed by atoms with Gasteiger partial charge >= 0.3 is 18.2 Å². The number of likely N-dealkylation sites (N-methyl/N-ethyl adjacent to an activating group) is 1. The molecule has 1 fully saturated rings. The first-order chi connectivity index (χ1) is 41.9. The molecule has 4 aromatic carbocycles. The number of anilines is 4. The Labute approximate surface area is 511 Å². The lowest BCUT2D eigenvalue weighted by molar-refractivity contribution is -0.137. The molecule has 26 heteroatoms. The lowest BCUT2D eigenvalue weighted by Gasteiger charge is -2.31. The van der Waals surface area contributed by atoms with Crippen LogP contribution in [0.1, 0.15) is 67.7 Å². The zero-order valence-electron chi connectivity index (χ0n) is 48.9.